The van der Waals surface area contributed by atoms with Crippen LogP contribution in [0.4, 0.5) is 0 Å². The summed E-state index contributed by atoms with van der Waals surface area (Å²) in [6.07, 6.45) is 11.1. The Kier molecular flexibility index (Phi) is 5.92. The van der Waals surface area contributed by atoms with Gasteiger partial charge in [-0.15, -0.1) is 0 Å². The molecular weight excluding hydrogens is 248 g/mol. The third kappa shape index (κ3) is 3.99. The summed E-state index contributed by atoms with van der Waals surface area (Å²) in [5.74, 6) is 2.42. The molecule has 1 saturated carbocycles. The van der Waals surface area contributed by atoms with E-state index in [4.69, 9.17) is 4.74 Å². The standard InChI is InChI=1S/C18H32O2/c1-4-5-6-16-11-12-17(18(19)20-16)14(3)15-9-7-13(2)8-10-15/h13-17H,4-12H2,1-3H3. The van der Waals surface area contributed by atoms with Gasteiger partial charge in [0.05, 0.1) is 5.92 Å². The van der Waals surface area contributed by atoms with E-state index in [-0.39, 0.29) is 18.0 Å². The number of carbonyl (C=O) groups excluding carboxylic acids is 1. The molecule has 0 aromatic rings. The van der Waals surface area contributed by atoms with Gasteiger partial charge in [0.2, 0.25) is 0 Å². The zero-order valence-electron chi connectivity index (χ0n) is 13.6. The van der Waals surface area contributed by atoms with Crippen molar-refractivity contribution in [2.24, 2.45) is 23.7 Å². The number of cyclic esters (lactones) is 1. The van der Waals surface area contributed by atoms with Gasteiger partial charge in [-0.2, -0.15) is 0 Å². The molecule has 3 atom stereocenters. The van der Waals surface area contributed by atoms with Gasteiger partial charge in [0, 0.05) is 0 Å². The third-order valence-corrected chi connectivity index (χ3v) is 5.70. The number of rotatable bonds is 5. The fourth-order valence-electron chi connectivity index (χ4n) is 4.05. The molecule has 0 N–H and O–H groups in total. The molecule has 2 heteroatoms. The van der Waals surface area contributed by atoms with Crippen molar-refractivity contribution in [2.45, 2.75) is 84.7 Å². The predicted octanol–water partition coefficient (Wildman–Crippen LogP) is 4.96. The topological polar surface area (TPSA) is 26.3 Å². The quantitative estimate of drug-likeness (QED) is 0.665. The van der Waals surface area contributed by atoms with Crippen molar-refractivity contribution in [3.05, 3.63) is 0 Å². The first-order valence-electron chi connectivity index (χ1n) is 8.82. The number of hydrogen-bond donors (Lipinski definition) is 0. The molecule has 0 amide bonds. The summed E-state index contributed by atoms with van der Waals surface area (Å²) in [7, 11) is 0. The third-order valence-electron chi connectivity index (χ3n) is 5.70. The lowest BCUT2D eigenvalue weighted by atomic mass is 9.71. The largest absolute Gasteiger partial charge is 0.462 e. The molecule has 1 aliphatic carbocycles. The number of ether oxygens (including phenoxy) is 1. The van der Waals surface area contributed by atoms with Gasteiger partial charge in [-0.1, -0.05) is 46.5 Å². The van der Waals surface area contributed by atoms with Crippen LogP contribution < -0.4 is 0 Å². The van der Waals surface area contributed by atoms with Crippen molar-refractivity contribution >= 4 is 5.97 Å². The number of esters is 1. The molecule has 2 nitrogen and oxygen atoms in total. The summed E-state index contributed by atoms with van der Waals surface area (Å²) in [6.45, 7) is 6.84. The molecule has 0 spiro atoms. The highest BCUT2D eigenvalue weighted by Gasteiger charge is 2.37. The predicted molar refractivity (Wildman–Crippen MR) is 82.4 cm³/mol. The normalized spacial score (nSPS) is 36.5. The minimum Gasteiger partial charge on any atom is -0.462 e. The Bertz CT molecular complexity index is 305. The van der Waals surface area contributed by atoms with E-state index in [1.165, 1.54) is 38.5 Å². The highest BCUT2D eigenvalue weighted by atomic mass is 16.5. The van der Waals surface area contributed by atoms with Crippen LogP contribution in [0.5, 0.6) is 0 Å². The van der Waals surface area contributed by atoms with Crippen LogP contribution >= 0.6 is 0 Å². The SMILES string of the molecule is CCCCC1CCC(C(C)C2CCC(C)CC2)C(=O)O1. The second-order valence-corrected chi connectivity index (χ2v) is 7.26. The van der Waals surface area contributed by atoms with E-state index in [1.54, 1.807) is 0 Å². The molecule has 116 valence electrons. The van der Waals surface area contributed by atoms with E-state index < -0.39 is 0 Å². The van der Waals surface area contributed by atoms with Crippen LogP contribution in [0, 0.1) is 23.7 Å². The minimum absolute atomic E-state index is 0.100. The summed E-state index contributed by atoms with van der Waals surface area (Å²) in [6, 6.07) is 0. The van der Waals surface area contributed by atoms with Crippen molar-refractivity contribution in [1.82, 2.24) is 0 Å². The molecule has 1 heterocycles. The average Bonchev–Trinajstić information content (AvgIpc) is 2.45. The zero-order valence-corrected chi connectivity index (χ0v) is 13.6. The second kappa shape index (κ2) is 7.47. The van der Waals surface area contributed by atoms with Gasteiger partial charge in [0.1, 0.15) is 6.10 Å². The Labute approximate surface area is 124 Å². The molecular formula is C18H32O2. The van der Waals surface area contributed by atoms with Gasteiger partial charge < -0.3 is 4.74 Å². The van der Waals surface area contributed by atoms with E-state index in [9.17, 15) is 4.79 Å². The molecule has 0 radical (unpaired) electrons. The Hall–Kier alpha value is -0.530. The lowest BCUT2D eigenvalue weighted by Gasteiger charge is -2.37. The van der Waals surface area contributed by atoms with Crippen LogP contribution in [0.25, 0.3) is 0 Å². The van der Waals surface area contributed by atoms with E-state index >= 15 is 0 Å². The van der Waals surface area contributed by atoms with Gasteiger partial charge >= 0.3 is 5.97 Å². The van der Waals surface area contributed by atoms with Gasteiger partial charge in [0.15, 0.2) is 0 Å². The summed E-state index contributed by atoms with van der Waals surface area (Å²) in [5, 5.41) is 0. The Morgan fingerprint density at radius 3 is 2.45 bits per heavy atom. The summed E-state index contributed by atoms with van der Waals surface area (Å²) in [4.78, 5) is 12.3. The summed E-state index contributed by atoms with van der Waals surface area (Å²) >= 11 is 0. The van der Waals surface area contributed by atoms with Crippen LogP contribution in [0.1, 0.15) is 78.6 Å². The van der Waals surface area contributed by atoms with Crippen molar-refractivity contribution in [3.8, 4) is 0 Å². The average molecular weight is 280 g/mol. The van der Waals surface area contributed by atoms with Gasteiger partial charge in [-0.05, 0) is 49.9 Å². The molecule has 3 unspecified atom stereocenters. The zero-order chi connectivity index (χ0) is 14.5. The lowest BCUT2D eigenvalue weighted by molar-refractivity contribution is -0.164. The maximum atomic E-state index is 12.3. The first kappa shape index (κ1) is 15.9. The van der Waals surface area contributed by atoms with Gasteiger partial charge in [-0.3, -0.25) is 4.79 Å². The fourth-order valence-corrected chi connectivity index (χ4v) is 4.05. The first-order valence-corrected chi connectivity index (χ1v) is 8.82. The van der Waals surface area contributed by atoms with Crippen LogP contribution in [0.15, 0.2) is 0 Å². The van der Waals surface area contributed by atoms with Crippen molar-refractivity contribution < 1.29 is 9.53 Å². The number of carbonyl (C=O) groups is 1. The maximum Gasteiger partial charge on any atom is 0.309 e. The lowest BCUT2D eigenvalue weighted by Crippen LogP contribution is -2.37. The minimum atomic E-state index is 0.100. The van der Waals surface area contributed by atoms with Crippen LogP contribution in [0.2, 0.25) is 0 Å². The highest BCUT2D eigenvalue weighted by Crippen LogP contribution is 2.39. The Morgan fingerprint density at radius 1 is 1.15 bits per heavy atom. The molecule has 0 aromatic heterocycles. The molecule has 2 fully saturated rings. The fraction of sp³-hybridized carbons (Fsp3) is 0.944. The maximum absolute atomic E-state index is 12.3. The van der Waals surface area contributed by atoms with Crippen molar-refractivity contribution in [1.29, 1.82) is 0 Å². The first-order chi connectivity index (χ1) is 9.61. The van der Waals surface area contributed by atoms with Crippen LogP contribution in [0.3, 0.4) is 0 Å². The Morgan fingerprint density at radius 2 is 1.85 bits per heavy atom. The summed E-state index contributed by atoms with van der Waals surface area (Å²) < 4.78 is 5.70. The van der Waals surface area contributed by atoms with Crippen LogP contribution in [-0.4, -0.2) is 12.1 Å². The highest BCUT2D eigenvalue weighted by molar-refractivity contribution is 5.73. The van der Waals surface area contributed by atoms with Crippen LogP contribution in [-0.2, 0) is 9.53 Å². The Balaban J connectivity index is 1.82. The van der Waals surface area contributed by atoms with E-state index in [2.05, 4.69) is 20.8 Å². The molecule has 2 aliphatic rings. The molecule has 20 heavy (non-hydrogen) atoms. The summed E-state index contributed by atoms with van der Waals surface area (Å²) in [5.41, 5.74) is 0. The van der Waals surface area contributed by atoms with Crippen molar-refractivity contribution in [3.63, 3.8) is 0 Å². The number of unbranched alkanes of at least 4 members (excludes halogenated alkanes) is 1. The number of hydrogen-bond acceptors (Lipinski definition) is 2. The van der Waals surface area contributed by atoms with E-state index in [0.29, 0.717) is 5.92 Å². The molecule has 1 saturated heterocycles. The molecule has 1 aliphatic heterocycles. The molecule has 2 rings (SSSR count). The monoisotopic (exact) mass is 280 g/mol. The van der Waals surface area contributed by atoms with E-state index in [1.807, 2.05) is 0 Å². The van der Waals surface area contributed by atoms with Gasteiger partial charge in [0.25, 0.3) is 0 Å². The van der Waals surface area contributed by atoms with Gasteiger partial charge in [-0.25, -0.2) is 0 Å². The second-order valence-electron chi connectivity index (χ2n) is 7.26. The van der Waals surface area contributed by atoms with Crippen molar-refractivity contribution in [2.75, 3.05) is 0 Å². The molecule has 0 aromatic carbocycles. The smallest absolute Gasteiger partial charge is 0.309 e. The van der Waals surface area contributed by atoms with E-state index in [0.717, 1.165) is 31.1 Å². The molecule has 0 bridgehead atoms.